The lowest BCUT2D eigenvalue weighted by Crippen LogP contribution is -2.05. The van der Waals surface area contributed by atoms with Gasteiger partial charge in [0.2, 0.25) is 0 Å². The fraction of sp³-hybridized carbons (Fsp3) is 0.188. The van der Waals surface area contributed by atoms with Gasteiger partial charge in [-0.05, 0) is 61.7 Å². The first kappa shape index (κ1) is 13.8. The van der Waals surface area contributed by atoms with Gasteiger partial charge >= 0.3 is 0 Å². The van der Waals surface area contributed by atoms with Gasteiger partial charge in [-0.15, -0.1) is 0 Å². The minimum absolute atomic E-state index is 0.0349. The van der Waals surface area contributed by atoms with Crippen molar-refractivity contribution in [1.29, 1.82) is 0 Å². The number of aryl methyl sites for hydroxylation is 3. The number of rotatable bonds is 2. The molecule has 0 unspecified atom stereocenters. The van der Waals surface area contributed by atoms with E-state index in [2.05, 4.69) is 0 Å². The molecular weight excluding hydrogens is 263 g/mol. The van der Waals surface area contributed by atoms with Crippen molar-refractivity contribution in [1.82, 2.24) is 0 Å². The second kappa shape index (κ2) is 5.14. The molecule has 98 valence electrons. The van der Waals surface area contributed by atoms with Gasteiger partial charge in [-0.2, -0.15) is 0 Å². The molecule has 0 N–H and O–H groups in total. The molecule has 2 aromatic rings. The molecule has 0 fully saturated rings. The summed E-state index contributed by atoms with van der Waals surface area (Å²) in [7, 11) is 0. The Kier molecular flexibility index (Phi) is 3.72. The minimum Gasteiger partial charge on any atom is -0.289 e. The second-order valence-electron chi connectivity index (χ2n) is 4.71. The van der Waals surface area contributed by atoms with Crippen LogP contribution in [0.25, 0.3) is 0 Å². The van der Waals surface area contributed by atoms with Crippen molar-refractivity contribution in [3.05, 3.63) is 69.0 Å². The molecule has 0 heterocycles. The van der Waals surface area contributed by atoms with Gasteiger partial charge in [0.25, 0.3) is 0 Å². The fourth-order valence-corrected chi connectivity index (χ4v) is 2.18. The molecule has 19 heavy (non-hydrogen) atoms. The summed E-state index contributed by atoms with van der Waals surface area (Å²) in [4.78, 5) is 12.4. The summed E-state index contributed by atoms with van der Waals surface area (Å²) in [5.74, 6) is -0.655. The average Bonchev–Trinajstić information content (AvgIpc) is 2.36. The molecule has 0 aliphatic carbocycles. The maximum atomic E-state index is 13.1. The van der Waals surface area contributed by atoms with Crippen LogP contribution in [0.2, 0.25) is 5.02 Å². The Morgan fingerprint density at radius 1 is 1.00 bits per heavy atom. The van der Waals surface area contributed by atoms with Gasteiger partial charge in [-0.25, -0.2) is 4.39 Å². The lowest BCUT2D eigenvalue weighted by molar-refractivity contribution is 0.103. The SMILES string of the molecule is Cc1cc(C)c(C(=O)c2ccc(F)c(Cl)c2)cc1C. The Morgan fingerprint density at radius 3 is 2.26 bits per heavy atom. The first-order chi connectivity index (χ1) is 8.90. The van der Waals surface area contributed by atoms with E-state index in [-0.39, 0.29) is 10.8 Å². The van der Waals surface area contributed by atoms with Crippen LogP contribution in [0.3, 0.4) is 0 Å². The topological polar surface area (TPSA) is 17.1 Å². The quantitative estimate of drug-likeness (QED) is 0.731. The molecule has 0 spiro atoms. The largest absolute Gasteiger partial charge is 0.289 e. The van der Waals surface area contributed by atoms with Crippen LogP contribution in [-0.2, 0) is 0 Å². The summed E-state index contributed by atoms with van der Waals surface area (Å²) in [5, 5.41) is -0.0349. The molecular formula is C16H14ClFO. The highest BCUT2D eigenvalue weighted by Gasteiger charge is 2.14. The molecule has 0 saturated heterocycles. The first-order valence-corrected chi connectivity index (χ1v) is 6.35. The lowest BCUT2D eigenvalue weighted by Gasteiger charge is -2.09. The number of carbonyl (C=O) groups is 1. The fourth-order valence-electron chi connectivity index (χ4n) is 2.00. The molecule has 2 rings (SSSR count). The van der Waals surface area contributed by atoms with Crippen molar-refractivity contribution < 1.29 is 9.18 Å². The highest BCUT2D eigenvalue weighted by atomic mass is 35.5. The van der Waals surface area contributed by atoms with E-state index in [1.54, 1.807) is 0 Å². The monoisotopic (exact) mass is 276 g/mol. The van der Waals surface area contributed by atoms with Crippen LogP contribution < -0.4 is 0 Å². The standard InChI is InChI=1S/C16H14ClFO/c1-9-6-11(3)13(7-10(9)2)16(19)12-4-5-15(18)14(17)8-12/h4-8H,1-3H3. The molecule has 0 aromatic heterocycles. The summed E-state index contributed by atoms with van der Waals surface area (Å²) in [6.07, 6.45) is 0. The molecule has 0 aliphatic rings. The molecule has 3 heteroatoms. The number of halogens is 2. The molecule has 0 aliphatic heterocycles. The Morgan fingerprint density at radius 2 is 1.63 bits per heavy atom. The van der Waals surface area contributed by atoms with Crippen LogP contribution in [-0.4, -0.2) is 5.78 Å². The zero-order valence-corrected chi connectivity index (χ0v) is 11.8. The maximum absolute atomic E-state index is 13.1. The number of ketones is 1. The zero-order valence-electron chi connectivity index (χ0n) is 11.1. The van der Waals surface area contributed by atoms with Gasteiger partial charge in [0.1, 0.15) is 5.82 Å². The summed E-state index contributed by atoms with van der Waals surface area (Å²) in [6, 6.07) is 7.88. The summed E-state index contributed by atoms with van der Waals surface area (Å²) in [6.45, 7) is 5.86. The average molecular weight is 277 g/mol. The van der Waals surface area contributed by atoms with Gasteiger partial charge in [0.05, 0.1) is 5.02 Å². The van der Waals surface area contributed by atoms with Crippen LogP contribution in [0.5, 0.6) is 0 Å². The maximum Gasteiger partial charge on any atom is 0.193 e. The minimum atomic E-state index is -0.518. The summed E-state index contributed by atoms with van der Waals surface area (Å²) in [5.41, 5.74) is 4.14. The normalized spacial score (nSPS) is 10.6. The van der Waals surface area contributed by atoms with E-state index in [0.29, 0.717) is 11.1 Å². The van der Waals surface area contributed by atoms with Gasteiger partial charge in [0.15, 0.2) is 5.78 Å². The lowest BCUT2D eigenvalue weighted by atomic mass is 9.95. The van der Waals surface area contributed by atoms with Crippen molar-refractivity contribution in [2.75, 3.05) is 0 Å². The van der Waals surface area contributed by atoms with E-state index in [1.165, 1.54) is 18.2 Å². The van der Waals surface area contributed by atoms with Gasteiger partial charge in [-0.1, -0.05) is 17.7 Å². The van der Waals surface area contributed by atoms with Crippen LogP contribution >= 0.6 is 11.6 Å². The zero-order chi connectivity index (χ0) is 14.2. The number of carbonyl (C=O) groups excluding carboxylic acids is 1. The predicted molar refractivity (Wildman–Crippen MR) is 75.5 cm³/mol. The third kappa shape index (κ3) is 2.69. The van der Waals surface area contributed by atoms with Crippen LogP contribution in [0, 0.1) is 26.6 Å². The van der Waals surface area contributed by atoms with Gasteiger partial charge < -0.3 is 0 Å². The third-order valence-corrected chi connectivity index (χ3v) is 3.56. The van der Waals surface area contributed by atoms with E-state index >= 15 is 0 Å². The van der Waals surface area contributed by atoms with Crippen molar-refractivity contribution >= 4 is 17.4 Å². The van der Waals surface area contributed by atoms with Crippen molar-refractivity contribution in [2.24, 2.45) is 0 Å². The van der Waals surface area contributed by atoms with Crippen molar-refractivity contribution in [2.45, 2.75) is 20.8 Å². The van der Waals surface area contributed by atoms with Crippen molar-refractivity contribution in [3.63, 3.8) is 0 Å². The van der Waals surface area contributed by atoms with Crippen molar-refractivity contribution in [3.8, 4) is 0 Å². The molecule has 0 atom stereocenters. The van der Waals surface area contributed by atoms with E-state index in [4.69, 9.17) is 11.6 Å². The van der Waals surface area contributed by atoms with Gasteiger partial charge in [0, 0.05) is 11.1 Å². The highest BCUT2D eigenvalue weighted by Crippen LogP contribution is 2.22. The summed E-state index contributed by atoms with van der Waals surface area (Å²) >= 11 is 5.71. The molecule has 0 bridgehead atoms. The molecule has 0 radical (unpaired) electrons. The molecule has 2 aromatic carbocycles. The van der Waals surface area contributed by atoms with E-state index < -0.39 is 5.82 Å². The van der Waals surface area contributed by atoms with E-state index in [0.717, 1.165) is 16.7 Å². The van der Waals surface area contributed by atoms with E-state index in [9.17, 15) is 9.18 Å². The Bertz CT molecular complexity index is 662. The van der Waals surface area contributed by atoms with E-state index in [1.807, 2.05) is 32.9 Å². The van der Waals surface area contributed by atoms with Crippen LogP contribution in [0.15, 0.2) is 30.3 Å². The smallest absolute Gasteiger partial charge is 0.193 e. The van der Waals surface area contributed by atoms with Gasteiger partial charge in [-0.3, -0.25) is 4.79 Å². The number of hydrogen-bond acceptors (Lipinski definition) is 1. The Hall–Kier alpha value is -1.67. The third-order valence-electron chi connectivity index (χ3n) is 3.27. The number of hydrogen-bond donors (Lipinski definition) is 0. The Balaban J connectivity index is 2.49. The molecule has 0 saturated carbocycles. The van der Waals surface area contributed by atoms with Crippen LogP contribution in [0.1, 0.15) is 32.6 Å². The summed E-state index contributed by atoms with van der Waals surface area (Å²) < 4.78 is 13.1. The highest BCUT2D eigenvalue weighted by molar-refractivity contribution is 6.31. The first-order valence-electron chi connectivity index (χ1n) is 5.97. The second-order valence-corrected chi connectivity index (χ2v) is 5.12. The Labute approximate surface area is 117 Å². The predicted octanol–water partition coefficient (Wildman–Crippen LogP) is 4.64. The molecule has 1 nitrogen and oxygen atoms in total. The molecule has 0 amide bonds. The number of benzene rings is 2. The van der Waals surface area contributed by atoms with Crippen LogP contribution in [0.4, 0.5) is 4.39 Å².